The summed E-state index contributed by atoms with van der Waals surface area (Å²) in [5.41, 5.74) is 2.50. The molecule has 2 aliphatic heterocycles. The van der Waals surface area contributed by atoms with E-state index >= 15 is 4.39 Å². The van der Waals surface area contributed by atoms with Crippen molar-refractivity contribution in [2.45, 2.75) is 20.3 Å². The van der Waals surface area contributed by atoms with Gasteiger partial charge in [-0.2, -0.15) is 9.97 Å². The highest BCUT2D eigenvalue weighted by molar-refractivity contribution is 6.05. The first kappa shape index (κ1) is 25.0. The second-order valence-electron chi connectivity index (χ2n) is 9.32. The molecule has 3 heterocycles. The van der Waals surface area contributed by atoms with E-state index in [-0.39, 0.29) is 23.9 Å². The minimum absolute atomic E-state index is 0.0917. The quantitative estimate of drug-likeness (QED) is 0.586. The third-order valence-electron chi connectivity index (χ3n) is 6.57. The van der Waals surface area contributed by atoms with Gasteiger partial charge in [-0.05, 0) is 31.9 Å². The van der Waals surface area contributed by atoms with Crippen LogP contribution in [0.3, 0.4) is 0 Å². The van der Waals surface area contributed by atoms with Gasteiger partial charge in [0.15, 0.2) is 11.6 Å². The van der Waals surface area contributed by atoms with Crippen LogP contribution in [-0.4, -0.2) is 71.7 Å². The Morgan fingerprint density at radius 1 is 1.14 bits per heavy atom. The third kappa shape index (κ3) is 5.55. The maximum Gasteiger partial charge on any atom is 0.326 e. The largest absolute Gasteiger partial charge is 0.421 e. The number of allylic oxidation sites excluding steroid dienone is 2. The summed E-state index contributed by atoms with van der Waals surface area (Å²) in [6.45, 7) is 8.00. The van der Waals surface area contributed by atoms with Gasteiger partial charge in [-0.3, -0.25) is 9.89 Å². The predicted octanol–water partition coefficient (Wildman–Crippen LogP) is 3.95. The van der Waals surface area contributed by atoms with Gasteiger partial charge in [0.05, 0.1) is 13.2 Å². The Kier molecular flexibility index (Phi) is 7.29. The number of hydrogen-bond donors (Lipinski definition) is 2. The Hall–Kier alpha value is -3.63. The number of hydrogen-bond acceptors (Lipinski definition) is 8. The lowest BCUT2D eigenvalue weighted by Gasteiger charge is -2.35. The van der Waals surface area contributed by atoms with Crippen LogP contribution < -0.4 is 15.0 Å². The van der Waals surface area contributed by atoms with Crippen molar-refractivity contribution in [3.63, 3.8) is 0 Å². The zero-order chi connectivity index (χ0) is 25.9. The number of aliphatic hydroxyl groups is 1. The van der Waals surface area contributed by atoms with E-state index in [9.17, 15) is 9.50 Å². The first-order valence-corrected chi connectivity index (χ1v) is 12.4. The number of nitrogens with zero attached hydrogens (tertiary/aromatic N) is 5. The maximum absolute atomic E-state index is 15.3. The van der Waals surface area contributed by atoms with E-state index in [4.69, 9.17) is 4.74 Å². The number of anilines is 2. The van der Waals surface area contributed by atoms with Crippen molar-refractivity contribution in [2.75, 3.05) is 56.1 Å². The Bertz CT molecular complexity index is 1310. The lowest BCUT2D eigenvalue weighted by atomic mass is 10.1. The van der Waals surface area contributed by atoms with Crippen LogP contribution >= 0.6 is 0 Å². The number of rotatable bonds is 7. The van der Waals surface area contributed by atoms with E-state index in [1.807, 2.05) is 32.1 Å². The average molecular weight is 509 g/mol. The molecule has 2 N–H and O–H groups in total. The van der Waals surface area contributed by atoms with Crippen molar-refractivity contribution in [3.05, 3.63) is 64.3 Å². The molecule has 1 aliphatic carbocycles. The van der Waals surface area contributed by atoms with Crippen molar-refractivity contribution in [1.82, 2.24) is 14.9 Å². The Balaban J connectivity index is 1.45. The lowest BCUT2D eigenvalue weighted by Crippen LogP contribution is -2.47. The summed E-state index contributed by atoms with van der Waals surface area (Å²) in [7, 11) is 0. The van der Waals surface area contributed by atoms with Crippen molar-refractivity contribution in [3.8, 4) is 11.8 Å². The van der Waals surface area contributed by atoms with Crippen molar-refractivity contribution >= 4 is 23.5 Å². The second kappa shape index (κ2) is 10.8. The van der Waals surface area contributed by atoms with Crippen LogP contribution in [-0.2, 0) is 6.42 Å². The normalized spacial score (nSPS) is 17.6. The summed E-state index contributed by atoms with van der Waals surface area (Å²) in [6, 6.07) is 2.76. The molecule has 0 unspecified atom stereocenters. The van der Waals surface area contributed by atoms with Crippen LogP contribution in [0.5, 0.6) is 11.8 Å². The van der Waals surface area contributed by atoms with Crippen molar-refractivity contribution in [1.29, 1.82) is 0 Å². The van der Waals surface area contributed by atoms with Crippen LogP contribution in [0, 0.1) is 11.6 Å². The van der Waals surface area contributed by atoms with Gasteiger partial charge in [-0.25, -0.2) is 8.78 Å². The molecule has 8 nitrogen and oxygen atoms in total. The van der Waals surface area contributed by atoms with Gasteiger partial charge in [0.1, 0.15) is 23.3 Å². The molecule has 0 radical (unpaired) electrons. The fourth-order valence-corrected chi connectivity index (χ4v) is 4.73. The molecule has 37 heavy (non-hydrogen) atoms. The number of amidine groups is 1. The molecule has 1 fully saturated rings. The molecule has 0 bridgehead atoms. The van der Waals surface area contributed by atoms with E-state index in [0.717, 1.165) is 30.3 Å². The van der Waals surface area contributed by atoms with Gasteiger partial charge >= 0.3 is 6.01 Å². The molecule has 3 aliphatic rings. The van der Waals surface area contributed by atoms with Crippen LogP contribution in [0.1, 0.15) is 25.0 Å². The summed E-state index contributed by atoms with van der Waals surface area (Å²) >= 11 is 0. The number of β-amino-alcohol motifs (C(OH)–C–C–N with tert-alkyl or cyclic N) is 1. The summed E-state index contributed by atoms with van der Waals surface area (Å²) in [6.07, 6.45) is 7.90. The topological polar surface area (TPSA) is 86.1 Å². The lowest BCUT2D eigenvalue weighted by molar-refractivity contribution is 0.188. The molecule has 0 saturated carbocycles. The fourth-order valence-electron chi connectivity index (χ4n) is 4.73. The fraction of sp³-hybridized carbons (Fsp3) is 0.370. The number of benzene rings is 1. The standard InChI is InChI=1S/C27H30F2N6O2/c1-3-4-18-13-23(30-16-18)31-24-15-25(35-7-5-34(6-8-35)9-10-36)33-27(32-24)37-22-14-21(28)19-11-17(2)12-20(19)26(22)29/h3-4,12-15,36H,5-11,16H2,1-2H3,(H,30,31,32,33)/b4-3+. The molecule has 1 aromatic heterocycles. The van der Waals surface area contributed by atoms with Gasteiger partial charge < -0.3 is 20.1 Å². The number of halogens is 2. The van der Waals surface area contributed by atoms with Crippen LogP contribution in [0.25, 0.3) is 6.08 Å². The average Bonchev–Trinajstić information content (AvgIpc) is 3.49. The molecule has 0 atom stereocenters. The van der Waals surface area contributed by atoms with Crippen LogP contribution in [0.2, 0.25) is 0 Å². The highest BCUT2D eigenvalue weighted by Crippen LogP contribution is 2.36. The number of nitrogens with one attached hydrogen (secondary N) is 1. The van der Waals surface area contributed by atoms with Gasteiger partial charge in [0, 0.05) is 56.0 Å². The number of fused-ring (bicyclic) bond motifs is 1. The minimum Gasteiger partial charge on any atom is -0.421 e. The molecule has 0 amide bonds. The number of piperazine rings is 1. The molecule has 5 rings (SSSR count). The van der Waals surface area contributed by atoms with Gasteiger partial charge in [0.2, 0.25) is 0 Å². The smallest absolute Gasteiger partial charge is 0.326 e. The molecule has 10 heteroatoms. The van der Waals surface area contributed by atoms with Gasteiger partial charge in [-0.1, -0.05) is 23.8 Å². The molecule has 194 valence electrons. The van der Waals surface area contributed by atoms with Crippen LogP contribution in [0.15, 0.2) is 46.5 Å². The number of aliphatic hydroxyl groups excluding tert-OH is 1. The Morgan fingerprint density at radius 3 is 2.70 bits per heavy atom. The first-order valence-electron chi connectivity index (χ1n) is 12.4. The molecular weight excluding hydrogens is 478 g/mol. The van der Waals surface area contributed by atoms with E-state index in [2.05, 4.69) is 30.1 Å². The highest BCUT2D eigenvalue weighted by atomic mass is 19.1. The molecule has 1 saturated heterocycles. The Morgan fingerprint density at radius 2 is 1.95 bits per heavy atom. The third-order valence-corrected chi connectivity index (χ3v) is 6.57. The van der Waals surface area contributed by atoms with Crippen LogP contribution in [0.4, 0.5) is 20.4 Å². The summed E-state index contributed by atoms with van der Waals surface area (Å²) in [5.74, 6) is 0.278. The number of aromatic nitrogens is 2. The van der Waals surface area contributed by atoms with Gasteiger partial charge in [-0.15, -0.1) is 0 Å². The number of aliphatic imine (C=N–C) groups is 1. The SMILES string of the molecule is C/C=C/C1=CC(Nc2cc(N3CCN(CCO)CC3)nc(Oc3cc(F)c4c(c3F)C=C(C)C4)n2)=NC1. The predicted molar refractivity (Wildman–Crippen MR) is 140 cm³/mol. The summed E-state index contributed by atoms with van der Waals surface area (Å²) < 4.78 is 35.7. The minimum atomic E-state index is -0.631. The highest BCUT2D eigenvalue weighted by Gasteiger charge is 2.25. The number of ether oxygens (including phenoxy) is 1. The zero-order valence-electron chi connectivity index (χ0n) is 21.0. The second-order valence-corrected chi connectivity index (χ2v) is 9.32. The zero-order valence-corrected chi connectivity index (χ0v) is 21.0. The van der Waals surface area contributed by atoms with Crippen molar-refractivity contribution < 1.29 is 18.6 Å². The molecular formula is C27H30F2N6O2. The summed E-state index contributed by atoms with van der Waals surface area (Å²) in [5, 5.41) is 12.4. The van der Waals surface area contributed by atoms with E-state index < -0.39 is 11.6 Å². The maximum atomic E-state index is 15.3. The van der Waals surface area contributed by atoms with E-state index in [1.165, 1.54) is 0 Å². The molecule has 1 aromatic carbocycles. The molecule has 2 aromatic rings. The van der Waals surface area contributed by atoms with Gasteiger partial charge in [0.25, 0.3) is 0 Å². The van der Waals surface area contributed by atoms with Crippen molar-refractivity contribution in [2.24, 2.45) is 4.99 Å². The first-order chi connectivity index (χ1) is 17.9. The monoisotopic (exact) mass is 508 g/mol. The molecule has 0 spiro atoms. The Labute approximate surface area is 214 Å². The van der Waals surface area contributed by atoms with E-state index in [1.54, 1.807) is 12.1 Å². The summed E-state index contributed by atoms with van der Waals surface area (Å²) in [4.78, 5) is 17.7. The van der Waals surface area contributed by atoms with E-state index in [0.29, 0.717) is 55.6 Å².